The van der Waals surface area contributed by atoms with Gasteiger partial charge in [0.05, 0.1) is 6.10 Å². The average Bonchev–Trinajstić information content (AvgIpc) is 1.87. The van der Waals surface area contributed by atoms with E-state index in [4.69, 9.17) is 5.11 Å². The minimum atomic E-state index is -0.326. The molecule has 58 valence electrons. The van der Waals surface area contributed by atoms with Crippen molar-refractivity contribution in [1.82, 2.24) is 0 Å². The molecule has 0 aliphatic carbocycles. The molecule has 1 N–H and O–H groups in total. The summed E-state index contributed by atoms with van der Waals surface area (Å²) in [5.41, 5.74) is 0. The summed E-state index contributed by atoms with van der Waals surface area (Å²) >= 11 is 0. The van der Waals surface area contributed by atoms with Gasteiger partial charge >= 0.3 is 0 Å². The van der Waals surface area contributed by atoms with Gasteiger partial charge in [0.15, 0.2) is 0 Å². The van der Waals surface area contributed by atoms with Gasteiger partial charge in [-0.2, -0.15) is 0 Å². The Kier molecular flexibility index (Phi) is 5.77. The molecule has 0 saturated carbocycles. The molecule has 0 saturated heterocycles. The summed E-state index contributed by atoms with van der Waals surface area (Å²) in [5.74, 6) is 0. The van der Waals surface area contributed by atoms with Gasteiger partial charge in [0.25, 0.3) is 6.47 Å². The molecule has 0 radical (unpaired) electrons. The van der Waals surface area contributed by atoms with Gasteiger partial charge in [-0.05, 0) is 13.3 Å². The first-order valence-electron chi connectivity index (χ1n) is 3.15. The van der Waals surface area contributed by atoms with Crippen molar-refractivity contribution < 1.29 is 14.6 Å². The second-order valence-electron chi connectivity index (χ2n) is 1.99. The molecule has 0 aromatic heterocycles. The molecule has 0 unspecified atom stereocenters. The Morgan fingerprint density at radius 1 is 1.60 bits per heavy atom. The van der Waals surface area contributed by atoms with Gasteiger partial charge in [0, 0.05) is 0 Å². The summed E-state index contributed by atoms with van der Waals surface area (Å²) in [6.07, 6.45) is 3.74. The highest BCUT2D eigenvalue weighted by atomic mass is 16.5. The van der Waals surface area contributed by atoms with Crippen LogP contribution in [-0.4, -0.2) is 24.3 Å². The Labute approximate surface area is 60.3 Å². The van der Waals surface area contributed by atoms with Gasteiger partial charge in [-0.25, -0.2) is 0 Å². The molecular weight excluding hydrogens is 132 g/mol. The van der Waals surface area contributed by atoms with Crippen LogP contribution < -0.4 is 0 Å². The van der Waals surface area contributed by atoms with Gasteiger partial charge in [-0.1, -0.05) is 12.2 Å². The van der Waals surface area contributed by atoms with Gasteiger partial charge in [-0.3, -0.25) is 4.79 Å². The van der Waals surface area contributed by atoms with Crippen LogP contribution >= 0.6 is 0 Å². The smallest absolute Gasteiger partial charge is 0.293 e. The number of hydrogen-bond acceptors (Lipinski definition) is 3. The largest absolute Gasteiger partial charge is 0.464 e. The Morgan fingerprint density at radius 2 is 2.30 bits per heavy atom. The Balaban J connectivity index is 3.11. The van der Waals surface area contributed by atoms with Gasteiger partial charge in [0.1, 0.15) is 6.61 Å². The van der Waals surface area contributed by atoms with Crippen molar-refractivity contribution in [3.63, 3.8) is 0 Å². The summed E-state index contributed by atoms with van der Waals surface area (Å²) in [7, 11) is 0. The topological polar surface area (TPSA) is 46.5 Å². The number of aliphatic hydroxyl groups is 1. The predicted octanol–water partition coefficient (Wildman–Crippen LogP) is 0.486. The lowest BCUT2D eigenvalue weighted by atomic mass is 10.3. The van der Waals surface area contributed by atoms with Crippen LogP contribution in [0, 0.1) is 0 Å². The highest BCUT2D eigenvalue weighted by Gasteiger charge is 1.87. The zero-order valence-electron chi connectivity index (χ0n) is 5.99. The van der Waals surface area contributed by atoms with Gasteiger partial charge < -0.3 is 9.84 Å². The number of carbonyl (C=O) groups excluding carboxylic acids is 1. The first-order valence-corrected chi connectivity index (χ1v) is 3.15. The SMILES string of the molecule is C[C@@H](O)C/C=C/COC=O. The molecule has 0 aromatic carbocycles. The number of ether oxygens (including phenoxy) is 1. The normalized spacial score (nSPS) is 13.4. The van der Waals surface area contributed by atoms with E-state index >= 15 is 0 Å². The molecule has 3 heteroatoms. The van der Waals surface area contributed by atoms with Crippen LogP contribution in [0.5, 0.6) is 0 Å². The Bertz CT molecular complexity index is 107. The van der Waals surface area contributed by atoms with Crippen molar-refractivity contribution in [3.05, 3.63) is 12.2 Å². The highest BCUT2D eigenvalue weighted by Crippen LogP contribution is 1.89. The predicted molar refractivity (Wildman–Crippen MR) is 37.5 cm³/mol. The van der Waals surface area contributed by atoms with E-state index in [1.165, 1.54) is 0 Å². The average molecular weight is 144 g/mol. The van der Waals surface area contributed by atoms with Gasteiger partial charge in [-0.15, -0.1) is 0 Å². The minimum Gasteiger partial charge on any atom is -0.464 e. The third kappa shape index (κ3) is 7.17. The molecule has 0 heterocycles. The van der Waals surface area contributed by atoms with Crippen LogP contribution in [0.15, 0.2) is 12.2 Å². The van der Waals surface area contributed by atoms with Crippen LogP contribution in [0.2, 0.25) is 0 Å². The van der Waals surface area contributed by atoms with Crippen molar-refractivity contribution in [3.8, 4) is 0 Å². The summed E-state index contributed by atoms with van der Waals surface area (Å²) in [6, 6.07) is 0. The monoisotopic (exact) mass is 144 g/mol. The van der Waals surface area contributed by atoms with Crippen molar-refractivity contribution in [1.29, 1.82) is 0 Å². The van der Waals surface area contributed by atoms with E-state index in [0.717, 1.165) is 0 Å². The second kappa shape index (κ2) is 6.29. The number of aliphatic hydroxyl groups excluding tert-OH is 1. The molecule has 0 aliphatic rings. The van der Waals surface area contributed by atoms with Gasteiger partial charge in [0.2, 0.25) is 0 Å². The maximum Gasteiger partial charge on any atom is 0.293 e. The molecule has 3 nitrogen and oxygen atoms in total. The third-order valence-electron chi connectivity index (χ3n) is 0.904. The van der Waals surface area contributed by atoms with Crippen LogP contribution in [0.3, 0.4) is 0 Å². The van der Waals surface area contributed by atoms with E-state index in [1.807, 2.05) is 0 Å². The quantitative estimate of drug-likeness (QED) is 0.347. The van der Waals surface area contributed by atoms with Crippen LogP contribution in [-0.2, 0) is 9.53 Å². The van der Waals surface area contributed by atoms with E-state index in [-0.39, 0.29) is 12.7 Å². The summed E-state index contributed by atoms with van der Waals surface area (Å²) in [6.45, 7) is 2.38. The maximum atomic E-state index is 9.60. The zero-order chi connectivity index (χ0) is 7.82. The lowest BCUT2D eigenvalue weighted by molar-refractivity contribution is -0.127. The van der Waals surface area contributed by atoms with Crippen molar-refractivity contribution in [2.24, 2.45) is 0 Å². The Hall–Kier alpha value is -0.830. The summed E-state index contributed by atoms with van der Waals surface area (Å²) in [5, 5.41) is 8.75. The number of hydrogen-bond donors (Lipinski definition) is 1. The molecule has 0 bridgehead atoms. The fraction of sp³-hybridized carbons (Fsp3) is 0.571. The molecule has 10 heavy (non-hydrogen) atoms. The third-order valence-corrected chi connectivity index (χ3v) is 0.904. The van der Waals surface area contributed by atoms with Crippen LogP contribution in [0.4, 0.5) is 0 Å². The Morgan fingerprint density at radius 3 is 2.80 bits per heavy atom. The fourth-order valence-corrected chi connectivity index (χ4v) is 0.456. The lowest BCUT2D eigenvalue weighted by Crippen LogP contribution is -1.96. The zero-order valence-corrected chi connectivity index (χ0v) is 5.99. The van der Waals surface area contributed by atoms with Crippen LogP contribution in [0.25, 0.3) is 0 Å². The molecule has 0 amide bonds. The first kappa shape index (κ1) is 9.17. The van der Waals surface area contributed by atoms with E-state index < -0.39 is 0 Å². The summed E-state index contributed by atoms with van der Waals surface area (Å²) < 4.78 is 4.37. The number of carbonyl (C=O) groups is 1. The molecular formula is C7H12O3. The molecule has 0 rings (SSSR count). The second-order valence-corrected chi connectivity index (χ2v) is 1.99. The first-order chi connectivity index (χ1) is 4.77. The van der Waals surface area contributed by atoms with Crippen molar-refractivity contribution >= 4 is 6.47 Å². The maximum absolute atomic E-state index is 9.60. The molecule has 1 atom stereocenters. The molecule has 0 fully saturated rings. The minimum absolute atomic E-state index is 0.288. The van der Waals surface area contributed by atoms with Crippen molar-refractivity contribution in [2.45, 2.75) is 19.4 Å². The molecule has 0 spiro atoms. The lowest BCUT2D eigenvalue weighted by Gasteiger charge is -1.95. The van der Waals surface area contributed by atoms with E-state index in [9.17, 15) is 4.79 Å². The van der Waals surface area contributed by atoms with E-state index in [0.29, 0.717) is 12.9 Å². The summed E-state index contributed by atoms with van der Waals surface area (Å²) in [4.78, 5) is 9.60. The van der Waals surface area contributed by atoms with Crippen LogP contribution in [0.1, 0.15) is 13.3 Å². The number of rotatable bonds is 5. The fourth-order valence-electron chi connectivity index (χ4n) is 0.456. The molecule has 0 aliphatic heterocycles. The van der Waals surface area contributed by atoms with Crippen molar-refractivity contribution in [2.75, 3.05) is 6.61 Å². The van der Waals surface area contributed by atoms with E-state index in [1.54, 1.807) is 19.1 Å². The van der Waals surface area contributed by atoms with E-state index in [2.05, 4.69) is 4.74 Å². The highest BCUT2D eigenvalue weighted by molar-refractivity contribution is 5.37. The standard InChI is InChI=1S/C7H12O3/c1-7(9)4-2-3-5-10-6-8/h2-3,6-7,9H,4-5H2,1H3/b3-2+/t7-/m1/s1. The molecule has 0 aromatic rings.